The van der Waals surface area contributed by atoms with Gasteiger partial charge in [-0.1, -0.05) is 0 Å². The Bertz CT molecular complexity index is 247. The molecule has 0 aromatic rings. The molecule has 0 spiro atoms. The van der Waals surface area contributed by atoms with E-state index in [-0.39, 0.29) is 6.04 Å². The predicted octanol–water partition coefficient (Wildman–Crippen LogP) is 1.35. The van der Waals surface area contributed by atoms with Crippen LogP contribution in [0.25, 0.3) is 0 Å². The van der Waals surface area contributed by atoms with Crippen LogP contribution in [0.5, 0.6) is 0 Å². The molecule has 0 aromatic carbocycles. The molecule has 0 aromatic heterocycles. The second-order valence-electron chi connectivity index (χ2n) is 5.00. The van der Waals surface area contributed by atoms with Gasteiger partial charge in [0, 0.05) is 25.8 Å². The summed E-state index contributed by atoms with van der Waals surface area (Å²) in [6.45, 7) is 4.31. The van der Waals surface area contributed by atoms with Gasteiger partial charge >= 0.3 is 5.97 Å². The summed E-state index contributed by atoms with van der Waals surface area (Å²) in [6, 6.07) is 0.0455. The van der Waals surface area contributed by atoms with Crippen molar-refractivity contribution >= 4 is 5.97 Å². The summed E-state index contributed by atoms with van der Waals surface area (Å²) in [7, 11) is 0. The van der Waals surface area contributed by atoms with Crippen molar-refractivity contribution in [2.75, 3.05) is 19.8 Å². The molecule has 2 rings (SSSR count). The molecule has 1 heterocycles. The second-order valence-corrected chi connectivity index (χ2v) is 5.00. The van der Waals surface area contributed by atoms with Crippen molar-refractivity contribution in [1.29, 1.82) is 0 Å². The second kappa shape index (κ2) is 5.15. The molecular formula is C12H21NO3. The Hall–Kier alpha value is -0.610. The van der Waals surface area contributed by atoms with E-state index in [9.17, 15) is 4.79 Å². The van der Waals surface area contributed by atoms with E-state index < -0.39 is 5.97 Å². The Labute approximate surface area is 96.6 Å². The Morgan fingerprint density at radius 2 is 2.00 bits per heavy atom. The maximum atomic E-state index is 11.1. The number of carboxylic acids is 1. The van der Waals surface area contributed by atoms with E-state index in [0.717, 1.165) is 38.5 Å². The highest BCUT2D eigenvalue weighted by atomic mass is 16.5. The number of aliphatic carboxylic acids is 1. The molecule has 92 valence electrons. The predicted molar refractivity (Wildman–Crippen MR) is 60.4 cm³/mol. The molecule has 0 bridgehead atoms. The summed E-state index contributed by atoms with van der Waals surface area (Å²) < 4.78 is 5.34. The first kappa shape index (κ1) is 11.9. The van der Waals surface area contributed by atoms with Crippen LogP contribution in [-0.4, -0.2) is 47.8 Å². The van der Waals surface area contributed by atoms with Gasteiger partial charge in [0.15, 0.2) is 0 Å². The summed E-state index contributed by atoms with van der Waals surface area (Å²) in [4.78, 5) is 13.3. The topological polar surface area (TPSA) is 49.8 Å². The fourth-order valence-corrected chi connectivity index (χ4v) is 2.38. The van der Waals surface area contributed by atoms with E-state index in [4.69, 9.17) is 9.84 Å². The zero-order chi connectivity index (χ0) is 11.5. The van der Waals surface area contributed by atoms with Gasteiger partial charge in [-0.3, -0.25) is 9.69 Å². The third kappa shape index (κ3) is 2.95. The lowest BCUT2D eigenvalue weighted by Gasteiger charge is -2.36. The molecule has 1 aliphatic heterocycles. The van der Waals surface area contributed by atoms with E-state index in [1.54, 1.807) is 6.92 Å². The maximum Gasteiger partial charge on any atom is 0.320 e. The van der Waals surface area contributed by atoms with Crippen LogP contribution in [0.15, 0.2) is 0 Å². The van der Waals surface area contributed by atoms with Gasteiger partial charge in [-0.25, -0.2) is 0 Å². The number of nitrogens with zero attached hydrogens (tertiary/aromatic N) is 1. The van der Waals surface area contributed by atoms with Crippen molar-refractivity contribution < 1.29 is 14.6 Å². The molecule has 1 unspecified atom stereocenters. The first-order chi connectivity index (χ1) is 7.68. The van der Waals surface area contributed by atoms with Crippen LogP contribution >= 0.6 is 0 Å². The first-order valence-corrected chi connectivity index (χ1v) is 6.24. The van der Waals surface area contributed by atoms with Gasteiger partial charge in [0.1, 0.15) is 6.04 Å². The van der Waals surface area contributed by atoms with E-state index >= 15 is 0 Å². The number of rotatable bonds is 5. The van der Waals surface area contributed by atoms with Crippen molar-refractivity contribution in [3.8, 4) is 0 Å². The average Bonchev–Trinajstić information content (AvgIpc) is 3.10. The van der Waals surface area contributed by atoms with Crippen molar-refractivity contribution in [2.24, 2.45) is 5.92 Å². The molecular weight excluding hydrogens is 206 g/mol. The van der Waals surface area contributed by atoms with Crippen LogP contribution in [0.2, 0.25) is 0 Å². The summed E-state index contributed by atoms with van der Waals surface area (Å²) >= 11 is 0. The van der Waals surface area contributed by atoms with E-state index in [0.29, 0.717) is 6.04 Å². The Morgan fingerprint density at radius 3 is 2.50 bits per heavy atom. The highest BCUT2D eigenvalue weighted by Crippen LogP contribution is 2.32. The molecule has 1 atom stereocenters. The van der Waals surface area contributed by atoms with Gasteiger partial charge in [0.2, 0.25) is 0 Å². The molecule has 2 aliphatic rings. The SMILES string of the molecule is CC(C(=O)O)N(CC1CC1)C1CCOCC1. The smallest absolute Gasteiger partial charge is 0.320 e. The largest absolute Gasteiger partial charge is 0.480 e. The Kier molecular flexibility index (Phi) is 3.82. The standard InChI is InChI=1S/C12H21NO3/c1-9(12(14)15)13(8-10-2-3-10)11-4-6-16-7-5-11/h9-11H,2-8H2,1H3,(H,14,15). The average molecular weight is 227 g/mol. The van der Waals surface area contributed by atoms with Gasteiger partial charge < -0.3 is 9.84 Å². The molecule has 2 fully saturated rings. The molecule has 4 nitrogen and oxygen atoms in total. The Morgan fingerprint density at radius 1 is 1.38 bits per heavy atom. The number of carboxylic acid groups (broad SMARTS) is 1. The van der Waals surface area contributed by atoms with Gasteiger partial charge in [-0.15, -0.1) is 0 Å². The van der Waals surface area contributed by atoms with Crippen LogP contribution in [0.3, 0.4) is 0 Å². The molecule has 1 aliphatic carbocycles. The summed E-state index contributed by atoms with van der Waals surface area (Å²) in [5, 5.41) is 9.14. The van der Waals surface area contributed by atoms with Gasteiger partial charge in [0.05, 0.1) is 0 Å². The Balaban J connectivity index is 1.96. The summed E-state index contributed by atoms with van der Waals surface area (Å²) in [5.41, 5.74) is 0. The minimum absolute atomic E-state index is 0.358. The zero-order valence-corrected chi connectivity index (χ0v) is 9.89. The lowest BCUT2D eigenvalue weighted by molar-refractivity contribution is -0.144. The van der Waals surface area contributed by atoms with Crippen LogP contribution in [-0.2, 0) is 9.53 Å². The van der Waals surface area contributed by atoms with Crippen molar-refractivity contribution in [3.05, 3.63) is 0 Å². The highest BCUT2D eigenvalue weighted by molar-refractivity contribution is 5.72. The summed E-state index contributed by atoms with van der Waals surface area (Å²) in [5.74, 6) is 0.0387. The molecule has 1 saturated heterocycles. The fourth-order valence-electron chi connectivity index (χ4n) is 2.38. The van der Waals surface area contributed by atoms with Gasteiger partial charge in [-0.2, -0.15) is 0 Å². The monoisotopic (exact) mass is 227 g/mol. The molecule has 16 heavy (non-hydrogen) atoms. The normalized spacial score (nSPS) is 24.6. The number of carbonyl (C=O) groups is 1. The zero-order valence-electron chi connectivity index (χ0n) is 9.89. The number of hydrogen-bond donors (Lipinski definition) is 1. The summed E-state index contributed by atoms with van der Waals surface area (Å²) in [6.07, 6.45) is 4.49. The molecule has 1 N–H and O–H groups in total. The van der Waals surface area contributed by atoms with Crippen LogP contribution in [0.4, 0.5) is 0 Å². The van der Waals surface area contributed by atoms with Gasteiger partial charge in [-0.05, 0) is 38.5 Å². The molecule has 4 heteroatoms. The first-order valence-electron chi connectivity index (χ1n) is 6.24. The fraction of sp³-hybridized carbons (Fsp3) is 0.917. The van der Waals surface area contributed by atoms with E-state index in [1.165, 1.54) is 12.8 Å². The minimum atomic E-state index is -0.702. The lowest BCUT2D eigenvalue weighted by Crippen LogP contribution is -2.48. The molecule has 1 saturated carbocycles. The van der Waals surface area contributed by atoms with Crippen molar-refractivity contribution in [1.82, 2.24) is 4.90 Å². The van der Waals surface area contributed by atoms with Crippen molar-refractivity contribution in [3.63, 3.8) is 0 Å². The van der Waals surface area contributed by atoms with E-state index in [2.05, 4.69) is 4.90 Å². The minimum Gasteiger partial charge on any atom is -0.480 e. The van der Waals surface area contributed by atoms with Crippen molar-refractivity contribution in [2.45, 2.75) is 44.7 Å². The number of hydrogen-bond acceptors (Lipinski definition) is 3. The highest BCUT2D eigenvalue weighted by Gasteiger charge is 2.34. The maximum absolute atomic E-state index is 11.1. The molecule has 0 amide bonds. The van der Waals surface area contributed by atoms with Crippen LogP contribution in [0, 0.1) is 5.92 Å². The van der Waals surface area contributed by atoms with E-state index in [1.807, 2.05) is 0 Å². The lowest BCUT2D eigenvalue weighted by atomic mass is 10.0. The third-order valence-electron chi connectivity index (χ3n) is 3.68. The van der Waals surface area contributed by atoms with Crippen LogP contribution in [0.1, 0.15) is 32.6 Å². The third-order valence-corrected chi connectivity index (χ3v) is 3.68. The van der Waals surface area contributed by atoms with Crippen LogP contribution < -0.4 is 0 Å². The van der Waals surface area contributed by atoms with Gasteiger partial charge in [0.25, 0.3) is 0 Å². The number of ether oxygens (including phenoxy) is 1. The molecule has 0 radical (unpaired) electrons. The quantitative estimate of drug-likeness (QED) is 0.770.